The van der Waals surface area contributed by atoms with Crippen LogP contribution in [0.4, 0.5) is 0 Å². The summed E-state index contributed by atoms with van der Waals surface area (Å²) in [6, 6.07) is 10.1. The summed E-state index contributed by atoms with van der Waals surface area (Å²) in [6.45, 7) is 7.69. The molecule has 1 aliphatic rings. The van der Waals surface area contributed by atoms with Crippen LogP contribution in [0.25, 0.3) is 6.08 Å². The Morgan fingerprint density at radius 1 is 1.16 bits per heavy atom. The van der Waals surface area contributed by atoms with Crippen LogP contribution in [-0.4, -0.2) is 38.0 Å². The number of aromatic nitrogens is 1. The molecule has 1 atom stereocenters. The maximum Gasteiger partial charge on any atom is 0.338 e. The topological polar surface area (TPSA) is 88.3 Å². The van der Waals surface area contributed by atoms with Gasteiger partial charge in [0.05, 0.1) is 42.7 Å². The molecule has 2 aromatic carbocycles. The highest BCUT2D eigenvalue weighted by atomic mass is 79.9. The molecule has 0 radical (unpaired) electrons. The summed E-state index contributed by atoms with van der Waals surface area (Å²) in [5.41, 5.74) is 1.85. The number of ether oxygens (including phenoxy) is 4. The van der Waals surface area contributed by atoms with Crippen LogP contribution in [0.3, 0.4) is 0 Å². The van der Waals surface area contributed by atoms with E-state index in [-0.39, 0.29) is 17.7 Å². The van der Waals surface area contributed by atoms with Gasteiger partial charge in [0.1, 0.15) is 12.4 Å². The largest absolute Gasteiger partial charge is 0.493 e. The predicted molar refractivity (Wildman–Crippen MR) is 150 cm³/mol. The molecule has 3 aromatic rings. The summed E-state index contributed by atoms with van der Waals surface area (Å²) >= 11 is 4.73. The standard InChI is InChI=1S/C28H27BrN2O6S/c1-6-12-37-20-11-9-19(29)13-18(20)15-23-26(32)31-25(17-8-10-21(34-4)22(14-17)35-5)24(27(33)36-7-2)16(3)30-28(31)38-23/h6,8-11,13-15,25H,1,7,12H2,2-5H3/b23-15-/t25-/m0/s1. The minimum atomic E-state index is -0.772. The summed E-state index contributed by atoms with van der Waals surface area (Å²) in [5, 5.41) is 0. The van der Waals surface area contributed by atoms with Gasteiger partial charge in [0.25, 0.3) is 5.56 Å². The zero-order chi connectivity index (χ0) is 27.4. The minimum Gasteiger partial charge on any atom is -0.493 e. The van der Waals surface area contributed by atoms with Crippen molar-refractivity contribution in [2.75, 3.05) is 27.4 Å². The van der Waals surface area contributed by atoms with Crippen LogP contribution in [0.15, 0.2) is 74.6 Å². The average molecular weight is 600 g/mol. The van der Waals surface area contributed by atoms with E-state index >= 15 is 0 Å². The van der Waals surface area contributed by atoms with Gasteiger partial charge in [0.2, 0.25) is 0 Å². The number of esters is 1. The van der Waals surface area contributed by atoms with Crippen molar-refractivity contribution in [2.45, 2.75) is 19.9 Å². The third kappa shape index (κ3) is 5.32. The van der Waals surface area contributed by atoms with E-state index in [9.17, 15) is 9.59 Å². The maximum atomic E-state index is 13.9. The van der Waals surface area contributed by atoms with Crippen LogP contribution in [0.1, 0.15) is 31.0 Å². The molecule has 198 valence electrons. The SMILES string of the molecule is C=CCOc1ccc(Br)cc1/C=c1\sc2n(c1=O)[C@@H](c1ccc(OC)c(OC)c1)C(C(=O)OCC)=C(C)N=2. The van der Waals surface area contributed by atoms with Crippen molar-refractivity contribution >= 4 is 39.3 Å². The smallest absolute Gasteiger partial charge is 0.338 e. The first-order chi connectivity index (χ1) is 18.3. The first-order valence-corrected chi connectivity index (χ1v) is 13.4. The number of allylic oxidation sites excluding steroid dienone is 1. The van der Waals surface area contributed by atoms with Crippen LogP contribution in [0.5, 0.6) is 17.2 Å². The van der Waals surface area contributed by atoms with Crippen molar-refractivity contribution in [1.29, 1.82) is 0 Å². The average Bonchev–Trinajstić information content (AvgIpc) is 3.21. The lowest BCUT2D eigenvalue weighted by atomic mass is 9.95. The number of methoxy groups -OCH3 is 2. The van der Waals surface area contributed by atoms with Crippen molar-refractivity contribution in [3.8, 4) is 17.2 Å². The Hall–Kier alpha value is -3.63. The number of hydrogen-bond donors (Lipinski definition) is 0. The van der Waals surface area contributed by atoms with Gasteiger partial charge in [-0.2, -0.15) is 0 Å². The van der Waals surface area contributed by atoms with Gasteiger partial charge in [-0.15, -0.1) is 0 Å². The van der Waals surface area contributed by atoms with Gasteiger partial charge >= 0.3 is 5.97 Å². The molecule has 4 rings (SSSR count). The molecule has 0 saturated carbocycles. The molecular weight excluding hydrogens is 572 g/mol. The van der Waals surface area contributed by atoms with E-state index in [1.54, 1.807) is 51.3 Å². The molecule has 0 aliphatic carbocycles. The lowest BCUT2D eigenvalue weighted by Gasteiger charge is -2.25. The van der Waals surface area contributed by atoms with Gasteiger partial charge in [-0.25, -0.2) is 9.79 Å². The molecule has 0 fully saturated rings. The molecule has 0 saturated heterocycles. The third-order valence-corrected chi connectivity index (χ3v) is 7.33. The highest BCUT2D eigenvalue weighted by Crippen LogP contribution is 2.36. The number of nitrogens with zero attached hydrogens (tertiary/aromatic N) is 2. The van der Waals surface area contributed by atoms with E-state index in [1.807, 2.05) is 18.2 Å². The summed E-state index contributed by atoms with van der Waals surface area (Å²) in [5.74, 6) is 1.08. The Balaban J connectivity index is 1.96. The molecule has 2 heterocycles. The Bertz CT molecular complexity index is 1600. The molecule has 0 N–H and O–H groups in total. The van der Waals surface area contributed by atoms with Crippen molar-refractivity contribution in [2.24, 2.45) is 4.99 Å². The van der Waals surface area contributed by atoms with Crippen LogP contribution in [-0.2, 0) is 9.53 Å². The summed E-state index contributed by atoms with van der Waals surface area (Å²) in [4.78, 5) is 32.1. The van der Waals surface area contributed by atoms with E-state index in [1.165, 1.54) is 23.0 Å². The second-order valence-electron chi connectivity index (χ2n) is 8.20. The minimum absolute atomic E-state index is 0.190. The van der Waals surface area contributed by atoms with Crippen LogP contribution in [0, 0.1) is 0 Å². The van der Waals surface area contributed by atoms with Gasteiger partial charge in [0.15, 0.2) is 16.3 Å². The third-order valence-electron chi connectivity index (χ3n) is 5.86. The lowest BCUT2D eigenvalue weighted by Crippen LogP contribution is -2.40. The number of thiazole rings is 1. The number of carbonyl (C=O) groups is 1. The highest BCUT2D eigenvalue weighted by Gasteiger charge is 2.34. The van der Waals surface area contributed by atoms with Crippen LogP contribution in [0.2, 0.25) is 0 Å². The van der Waals surface area contributed by atoms with Gasteiger partial charge in [0, 0.05) is 10.0 Å². The van der Waals surface area contributed by atoms with Gasteiger partial charge in [-0.1, -0.05) is 46.0 Å². The zero-order valence-electron chi connectivity index (χ0n) is 21.4. The molecule has 0 spiro atoms. The van der Waals surface area contributed by atoms with Crippen molar-refractivity contribution in [3.05, 3.63) is 95.6 Å². The van der Waals surface area contributed by atoms with E-state index in [4.69, 9.17) is 18.9 Å². The molecule has 0 amide bonds. The molecular formula is C28H27BrN2O6S. The van der Waals surface area contributed by atoms with Crippen LogP contribution < -0.4 is 29.1 Å². The van der Waals surface area contributed by atoms with Crippen molar-refractivity contribution < 1.29 is 23.7 Å². The van der Waals surface area contributed by atoms with Crippen molar-refractivity contribution in [3.63, 3.8) is 0 Å². The second kappa shape index (κ2) is 11.8. The van der Waals surface area contributed by atoms with Gasteiger partial charge in [-0.3, -0.25) is 9.36 Å². The summed E-state index contributed by atoms with van der Waals surface area (Å²) in [6.07, 6.45) is 3.42. The van der Waals surface area contributed by atoms with Crippen molar-refractivity contribution in [1.82, 2.24) is 4.57 Å². The van der Waals surface area contributed by atoms with E-state index in [0.717, 1.165) is 10.0 Å². The Labute approximate surface area is 232 Å². The monoisotopic (exact) mass is 598 g/mol. The van der Waals surface area contributed by atoms with Gasteiger partial charge < -0.3 is 18.9 Å². The summed E-state index contributed by atoms with van der Waals surface area (Å²) in [7, 11) is 3.08. The van der Waals surface area contributed by atoms with Crippen LogP contribution >= 0.6 is 27.3 Å². The summed E-state index contributed by atoms with van der Waals surface area (Å²) < 4.78 is 24.8. The first-order valence-electron chi connectivity index (χ1n) is 11.8. The predicted octanol–water partition coefficient (Wildman–Crippen LogP) is 4.14. The number of carbonyl (C=O) groups excluding carboxylic acids is 1. The highest BCUT2D eigenvalue weighted by molar-refractivity contribution is 9.10. The zero-order valence-corrected chi connectivity index (χ0v) is 23.9. The van der Waals surface area contributed by atoms with E-state index in [2.05, 4.69) is 27.5 Å². The number of rotatable bonds is 9. The molecule has 38 heavy (non-hydrogen) atoms. The number of benzene rings is 2. The quantitative estimate of drug-likeness (QED) is 0.272. The number of fused-ring (bicyclic) bond motifs is 1. The number of halogens is 1. The fraction of sp³-hybridized carbons (Fsp3) is 0.250. The van der Waals surface area contributed by atoms with Gasteiger partial charge in [-0.05, 0) is 55.8 Å². The van der Waals surface area contributed by atoms with E-state index < -0.39 is 12.0 Å². The molecule has 0 bridgehead atoms. The number of hydrogen-bond acceptors (Lipinski definition) is 8. The first kappa shape index (κ1) is 27.4. The lowest BCUT2D eigenvalue weighted by molar-refractivity contribution is -0.139. The normalized spacial score (nSPS) is 15.0. The maximum absolute atomic E-state index is 13.9. The van der Waals surface area contributed by atoms with E-state index in [0.29, 0.717) is 44.4 Å². The fourth-order valence-corrected chi connectivity index (χ4v) is 5.60. The molecule has 10 heteroatoms. The molecule has 0 unspecified atom stereocenters. The Morgan fingerprint density at radius 2 is 1.89 bits per heavy atom. The molecule has 8 nitrogen and oxygen atoms in total. The molecule has 1 aliphatic heterocycles. The second-order valence-corrected chi connectivity index (χ2v) is 10.1. The fourth-order valence-electron chi connectivity index (χ4n) is 4.18. The Morgan fingerprint density at radius 3 is 2.58 bits per heavy atom. The Kier molecular flexibility index (Phi) is 8.53. The molecule has 1 aromatic heterocycles.